The minimum atomic E-state index is -0.246. The Morgan fingerprint density at radius 3 is 2.83 bits per heavy atom. The van der Waals surface area contributed by atoms with Crippen molar-refractivity contribution in [1.82, 2.24) is 19.9 Å². The van der Waals surface area contributed by atoms with E-state index in [4.69, 9.17) is 14.0 Å². The van der Waals surface area contributed by atoms with Crippen LogP contribution in [0.25, 0.3) is 33.7 Å². The van der Waals surface area contributed by atoms with Gasteiger partial charge in [-0.05, 0) is 69.0 Å². The highest BCUT2D eigenvalue weighted by Gasteiger charge is 2.19. The van der Waals surface area contributed by atoms with Gasteiger partial charge in [0.05, 0.1) is 43.0 Å². The number of aryl methyl sites for hydroxylation is 1. The van der Waals surface area contributed by atoms with Gasteiger partial charge >= 0.3 is 5.97 Å². The monoisotopic (exact) mass is 471 g/mol. The van der Waals surface area contributed by atoms with Gasteiger partial charge < -0.3 is 14.0 Å². The predicted octanol–water partition coefficient (Wildman–Crippen LogP) is 4.90. The summed E-state index contributed by atoms with van der Waals surface area (Å²) in [7, 11) is 0. The lowest BCUT2D eigenvalue weighted by Crippen LogP contribution is -2.11. The van der Waals surface area contributed by atoms with Gasteiger partial charge in [-0.3, -0.25) is 9.48 Å². The lowest BCUT2D eigenvalue weighted by atomic mass is 10.1. The molecule has 0 atom stereocenters. The molecule has 0 radical (unpaired) electrons. The maximum absolute atomic E-state index is 11.7. The summed E-state index contributed by atoms with van der Waals surface area (Å²) in [6, 6.07) is 13.3. The van der Waals surface area contributed by atoms with Crippen molar-refractivity contribution in [2.75, 3.05) is 6.61 Å². The summed E-state index contributed by atoms with van der Waals surface area (Å²) in [6.07, 6.45) is 6.55. The Kier molecular flexibility index (Phi) is 6.44. The van der Waals surface area contributed by atoms with Gasteiger partial charge in [0.1, 0.15) is 11.8 Å². The molecule has 35 heavy (non-hydrogen) atoms. The predicted molar refractivity (Wildman–Crippen MR) is 127 cm³/mol. The van der Waals surface area contributed by atoms with Gasteiger partial charge in [-0.1, -0.05) is 5.16 Å². The first-order valence-electron chi connectivity index (χ1n) is 11.8. The van der Waals surface area contributed by atoms with E-state index < -0.39 is 0 Å². The molecule has 5 rings (SSSR count). The van der Waals surface area contributed by atoms with Crippen LogP contribution in [-0.2, 0) is 16.1 Å². The summed E-state index contributed by atoms with van der Waals surface area (Å²) in [5.74, 6) is 1.11. The van der Waals surface area contributed by atoms with Gasteiger partial charge in [-0.2, -0.15) is 15.3 Å². The van der Waals surface area contributed by atoms with E-state index in [2.05, 4.69) is 21.3 Å². The molecule has 0 spiro atoms. The van der Waals surface area contributed by atoms with E-state index in [1.807, 2.05) is 24.3 Å². The fourth-order valence-corrected chi connectivity index (χ4v) is 4.33. The molecule has 0 amide bonds. The Labute approximate surface area is 202 Å². The van der Waals surface area contributed by atoms with Crippen molar-refractivity contribution in [3.8, 4) is 34.7 Å². The Balaban J connectivity index is 1.34. The average molecular weight is 472 g/mol. The van der Waals surface area contributed by atoms with Crippen LogP contribution < -0.4 is 4.74 Å². The van der Waals surface area contributed by atoms with Crippen molar-refractivity contribution in [1.29, 1.82) is 5.26 Å². The van der Waals surface area contributed by atoms with E-state index >= 15 is 0 Å². The zero-order valence-electron chi connectivity index (χ0n) is 19.4. The highest BCUT2D eigenvalue weighted by molar-refractivity contribution is 5.83. The number of rotatable bonds is 8. The topological polar surface area (TPSA) is 116 Å². The molecule has 9 heteroatoms. The molecule has 1 aliphatic carbocycles. The number of carbonyl (C=O) groups is 1. The van der Waals surface area contributed by atoms with Crippen molar-refractivity contribution in [2.45, 2.75) is 51.7 Å². The second-order valence-electron chi connectivity index (χ2n) is 8.47. The molecule has 2 heterocycles. The second kappa shape index (κ2) is 9.97. The first-order chi connectivity index (χ1) is 17.1. The summed E-state index contributed by atoms with van der Waals surface area (Å²) in [6.45, 7) is 2.59. The molecular formula is C26H25N5O4. The van der Waals surface area contributed by atoms with E-state index in [0.29, 0.717) is 41.7 Å². The largest absolute Gasteiger partial charge is 0.489 e. The fourth-order valence-electron chi connectivity index (χ4n) is 4.33. The Morgan fingerprint density at radius 1 is 1.20 bits per heavy atom. The number of benzene rings is 2. The average Bonchev–Trinajstić information content (AvgIpc) is 3.64. The molecule has 2 aromatic carbocycles. The molecule has 2 aromatic heterocycles. The van der Waals surface area contributed by atoms with Crippen LogP contribution in [0.15, 0.2) is 47.1 Å². The Morgan fingerprint density at radius 2 is 2.03 bits per heavy atom. The number of carbonyl (C=O) groups excluding carboxylic acids is 1. The zero-order chi connectivity index (χ0) is 24.2. The van der Waals surface area contributed by atoms with Gasteiger partial charge in [0, 0.05) is 16.5 Å². The maximum Gasteiger partial charge on any atom is 0.307 e. The molecule has 4 aromatic rings. The van der Waals surface area contributed by atoms with Crippen molar-refractivity contribution in [2.24, 2.45) is 0 Å². The number of hydrogen-bond acceptors (Lipinski definition) is 8. The van der Waals surface area contributed by atoms with Gasteiger partial charge in [-0.15, -0.1) is 0 Å². The molecule has 1 fully saturated rings. The molecule has 0 bridgehead atoms. The van der Waals surface area contributed by atoms with Crippen LogP contribution in [0.3, 0.4) is 0 Å². The first-order valence-corrected chi connectivity index (χ1v) is 11.8. The third kappa shape index (κ3) is 4.87. The molecular weight excluding hydrogens is 446 g/mol. The molecule has 0 unspecified atom stereocenters. The standard InChI is InChI=1S/C26H25N5O4/c1-2-33-24(32)11-12-31-22-9-7-17(13-20(22)16-28-31)25-29-26(35-30-25)18-8-10-23(19(14-18)15-27)34-21-5-3-4-6-21/h7-10,13-14,16,21H,2-6,11-12H2,1H3. The van der Waals surface area contributed by atoms with Gasteiger partial charge in [-0.25, -0.2) is 0 Å². The van der Waals surface area contributed by atoms with Crippen molar-refractivity contribution >= 4 is 16.9 Å². The van der Waals surface area contributed by atoms with E-state index in [9.17, 15) is 10.1 Å². The van der Waals surface area contributed by atoms with Gasteiger partial charge in [0.25, 0.3) is 5.89 Å². The molecule has 178 valence electrons. The van der Waals surface area contributed by atoms with Gasteiger partial charge in [0.15, 0.2) is 0 Å². The molecule has 0 saturated heterocycles. The number of fused-ring (bicyclic) bond motifs is 1. The molecule has 0 aliphatic heterocycles. The van der Waals surface area contributed by atoms with Crippen LogP contribution in [0.2, 0.25) is 0 Å². The molecule has 1 aliphatic rings. The lowest BCUT2D eigenvalue weighted by molar-refractivity contribution is -0.143. The van der Waals surface area contributed by atoms with Gasteiger partial charge in [0.2, 0.25) is 5.82 Å². The van der Waals surface area contributed by atoms with Crippen molar-refractivity contribution in [3.63, 3.8) is 0 Å². The summed E-state index contributed by atoms with van der Waals surface area (Å²) in [4.78, 5) is 16.2. The van der Waals surface area contributed by atoms with Crippen LogP contribution in [0.5, 0.6) is 5.75 Å². The normalized spacial score (nSPS) is 13.7. The molecule has 0 N–H and O–H groups in total. The SMILES string of the molecule is CCOC(=O)CCn1ncc2cc(-c3noc(-c4ccc(OC5CCCC5)c(C#N)c4)n3)ccc21. The van der Waals surface area contributed by atoms with Crippen molar-refractivity contribution < 1.29 is 18.8 Å². The highest BCUT2D eigenvalue weighted by atomic mass is 16.5. The number of ether oxygens (including phenoxy) is 2. The van der Waals surface area contributed by atoms with Crippen LogP contribution in [-0.4, -0.2) is 38.6 Å². The number of hydrogen-bond donors (Lipinski definition) is 0. The summed E-state index contributed by atoms with van der Waals surface area (Å²) >= 11 is 0. The number of nitrogens with zero attached hydrogens (tertiary/aromatic N) is 5. The molecule has 9 nitrogen and oxygen atoms in total. The van der Waals surface area contributed by atoms with Crippen LogP contribution in [0.1, 0.15) is 44.6 Å². The number of esters is 1. The van der Waals surface area contributed by atoms with Crippen LogP contribution in [0.4, 0.5) is 0 Å². The lowest BCUT2D eigenvalue weighted by Gasteiger charge is -2.14. The number of nitriles is 1. The Bertz CT molecular complexity index is 1390. The minimum Gasteiger partial charge on any atom is -0.489 e. The van der Waals surface area contributed by atoms with E-state index in [0.717, 1.165) is 42.1 Å². The summed E-state index contributed by atoms with van der Waals surface area (Å²) in [5, 5.41) is 19.0. The zero-order valence-corrected chi connectivity index (χ0v) is 19.4. The summed E-state index contributed by atoms with van der Waals surface area (Å²) in [5.41, 5.74) is 2.79. The summed E-state index contributed by atoms with van der Waals surface area (Å²) < 4.78 is 18.3. The number of aromatic nitrogens is 4. The highest BCUT2D eigenvalue weighted by Crippen LogP contribution is 2.31. The third-order valence-electron chi connectivity index (χ3n) is 6.10. The van der Waals surface area contributed by atoms with Crippen molar-refractivity contribution in [3.05, 3.63) is 48.2 Å². The van der Waals surface area contributed by atoms with Crippen LogP contribution in [0, 0.1) is 11.3 Å². The quantitative estimate of drug-likeness (QED) is 0.333. The Hall–Kier alpha value is -4.19. The van der Waals surface area contributed by atoms with E-state index in [-0.39, 0.29) is 18.5 Å². The molecule has 1 saturated carbocycles. The second-order valence-corrected chi connectivity index (χ2v) is 8.47. The first kappa shape index (κ1) is 22.6. The minimum absolute atomic E-state index is 0.174. The third-order valence-corrected chi connectivity index (χ3v) is 6.10. The maximum atomic E-state index is 11.7. The van der Waals surface area contributed by atoms with E-state index in [1.165, 1.54) is 0 Å². The van der Waals surface area contributed by atoms with Crippen LogP contribution >= 0.6 is 0 Å². The van der Waals surface area contributed by atoms with E-state index in [1.54, 1.807) is 29.9 Å². The smallest absolute Gasteiger partial charge is 0.307 e. The fraction of sp³-hybridized carbons (Fsp3) is 0.346.